The smallest absolute Gasteiger partial charge is 0.312 e. The fourth-order valence-corrected chi connectivity index (χ4v) is 1.47. The maximum Gasteiger partial charge on any atom is 0.312 e. The summed E-state index contributed by atoms with van der Waals surface area (Å²) in [6, 6.07) is 0. The molecule has 3 heteroatoms. The molecule has 0 saturated heterocycles. The Morgan fingerprint density at radius 2 is 1.93 bits per heavy atom. The Balaban J connectivity index is 3.86. The molecule has 0 saturated carbocycles. The van der Waals surface area contributed by atoms with E-state index in [2.05, 4.69) is 6.92 Å². The summed E-state index contributed by atoms with van der Waals surface area (Å²) in [5.41, 5.74) is 0.356. The number of rotatable bonds is 8. The van der Waals surface area contributed by atoms with Crippen molar-refractivity contribution in [3.63, 3.8) is 0 Å². The van der Waals surface area contributed by atoms with Crippen LogP contribution in [0.2, 0.25) is 0 Å². The van der Waals surface area contributed by atoms with Crippen LogP contribution in [0.1, 0.15) is 52.4 Å². The number of carboxylic acid groups (broad SMARTS) is 1. The van der Waals surface area contributed by atoms with Crippen molar-refractivity contribution >= 4 is 11.7 Å². The number of carbonyl (C=O) groups is 1. The van der Waals surface area contributed by atoms with Crippen molar-refractivity contribution in [3.05, 3.63) is 0 Å². The van der Waals surface area contributed by atoms with E-state index in [0.29, 0.717) is 18.6 Å². The van der Waals surface area contributed by atoms with Crippen molar-refractivity contribution in [2.24, 2.45) is 5.92 Å². The molecule has 2 N–H and O–H groups in total. The standard InChI is InChI=1S/C11H21NO2/c1-3-5-6-7-8-9(11(13)14)10(12)4-2/h9,12H,3-8H2,1-2H3,(H,13,14). The zero-order valence-electron chi connectivity index (χ0n) is 9.18. The highest BCUT2D eigenvalue weighted by molar-refractivity contribution is 5.99. The van der Waals surface area contributed by atoms with Gasteiger partial charge in [-0.15, -0.1) is 0 Å². The molecular formula is C11H21NO2. The Hall–Kier alpha value is -0.860. The third-order valence-electron chi connectivity index (χ3n) is 2.45. The molecule has 14 heavy (non-hydrogen) atoms. The highest BCUT2D eigenvalue weighted by Crippen LogP contribution is 2.14. The Morgan fingerprint density at radius 3 is 2.36 bits per heavy atom. The third kappa shape index (κ3) is 5.00. The van der Waals surface area contributed by atoms with E-state index in [1.54, 1.807) is 0 Å². The first-order chi connectivity index (χ1) is 6.63. The summed E-state index contributed by atoms with van der Waals surface area (Å²) in [4.78, 5) is 10.8. The van der Waals surface area contributed by atoms with Gasteiger partial charge < -0.3 is 10.5 Å². The highest BCUT2D eigenvalue weighted by atomic mass is 16.4. The Labute approximate surface area is 86.0 Å². The first-order valence-electron chi connectivity index (χ1n) is 5.43. The van der Waals surface area contributed by atoms with Crippen molar-refractivity contribution in [1.82, 2.24) is 0 Å². The van der Waals surface area contributed by atoms with Gasteiger partial charge in [-0.2, -0.15) is 0 Å². The quantitative estimate of drug-likeness (QED) is 0.466. The predicted molar refractivity (Wildman–Crippen MR) is 57.9 cm³/mol. The summed E-state index contributed by atoms with van der Waals surface area (Å²) in [6.45, 7) is 3.97. The van der Waals surface area contributed by atoms with Crippen LogP contribution in [0.4, 0.5) is 0 Å². The fourth-order valence-electron chi connectivity index (χ4n) is 1.47. The summed E-state index contributed by atoms with van der Waals surface area (Å²) >= 11 is 0. The number of carboxylic acids is 1. The minimum atomic E-state index is -0.839. The first kappa shape index (κ1) is 13.1. The molecule has 0 aromatic rings. The van der Waals surface area contributed by atoms with Gasteiger partial charge in [0.05, 0.1) is 5.92 Å². The van der Waals surface area contributed by atoms with E-state index in [-0.39, 0.29) is 0 Å². The van der Waals surface area contributed by atoms with Gasteiger partial charge in [-0.1, -0.05) is 39.5 Å². The average molecular weight is 199 g/mol. The van der Waals surface area contributed by atoms with Crippen molar-refractivity contribution < 1.29 is 9.90 Å². The van der Waals surface area contributed by atoms with Gasteiger partial charge >= 0.3 is 5.97 Å². The Kier molecular flexibility index (Phi) is 7.07. The molecule has 0 amide bonds. The number of unbranched alkanes of at least 4 members (excludes halogenated alkanes) is 3. The summed E-state index contributed by atoms with van der Waals surface area (Å²) in [6.07, 6.45) is 5.49. The van der Waals surface area contributed by atoms with Crippen LogP contribution in [-0.2, 0) is 4.79 Å². The largest absolute Gasteiger partial charge is 0.481 e. The van der Waals surface area contributed by atoms with Crippen molar-refractivity contribution in [3.8, 4) is 0 Å². The van der Waals surface area contributed by atoms with Crippen LogP contribution in [0.15, 0.2) is 0 Å². The molecule has 0 spiro atoms. The zero-order valence-corrected chi connectivity index (χ0v) is 9.18. The van der Waals surface area contributed by atoms with Crippen LogP contribution < -0.4 is 0 Å². The van der Waals surface area contributed by atoms with E-state index in [9.17, 15) is 4.79 Å². The lowest BCUT2D eigenvalue weighted by atomic mass is 9.94. The highest BCUT2D eigenvalue weighted by Gasteiger charge is 2.20. The number of nitrogens with one attached hydrogen (secondary N) is 1. The molecule has 0 aliphatic carbocycles. The van der Waals surface area contributed by atoms with E-state index in [0.717, 1.165) is 25.7 Å². The number of hydrogen-bond donors (Lipinski definition) is 2. The molecule has 0 aromatic heterocycles. The minimum Gasteiger partial charge on any atom is -0.481 e. The van der Waals surface area contributed by atoms with Gasteiger partial charge in [0.25, 0.3) is 0 Å². The fraction of sp³-hybridized carbons (Fsp3) is 0.818. The van der Waals surface area contributed by atoms with E-state index >= 15 is 0 Å². The topological polar surface area (TPSA) is 61.2 Å². The van der Waals surface area contributed by atoms with Crippen LogP contribution in [0.5, 0.6) is 0 Å². The predicted octanol–water partition coefficient (Wildman–Crippen LogP) is 3.09. The van der Waals surface area contributed by atoms with Crippen molar-refractivity contribution in [1.29, 1.82) is 5.41 Å². The lowest BCUT2D eigenvalue weighted by Crippen LogP contribution is -2.22. The molecule has 1 unspecified atom stereocenters. The van der Waals surface area contributed by atoms with Gasteiger partial charge in [-0.3, -0.25) is 4.79 Å². The van der Waals surface area contributed by atoms with Crippen LogP contribution >= 0.6 is 0 Å². The van der Waals surface area contributed by atoms with E-state index < -0.39 is 11.9 Å². The second-order valence-electron chi connectivity index (χ2n) is 3.62. The maximum absolute atomic E-state index is 10.8. The minimum absolute atomic E-state index is 0.356. The third-order valence-corrected chi connectivity index (χ3v) is 2.45. The van der Waals surface area contributed by atoms with Gasteiger partial charge in [-0.05, 0) is 12.8 Å². The summed E-state index contributed by atoms with van der Waals surface area (Å²) < 4.78 is 0. The molecule has 0 aliphatic heterocycles. The van der Waals surface area contributed by atoms with Crippen LogP contribution in [-0.4, -0.2) is 16.8 Å². The summed E-state index contributed by atoms with van der Waals surface area (Å²) in [5, 5.41) is 16.4. The van der Waals surface area contributed by atoms with Crippen LogP contribution in [0.3, 0.4) is 0 Å². The van der Waals surface area contributed by atoms with E-state index in [1.807, 2.05) is 6.92 Å². The second kappa shape index (κ2) is 7.54. The second-order valence-corrected chi connectivity index (χ2v) is 3.62. The molecule has 82 valence electrons. The van der Waals surface area contributed by atoms with Gasteiger partial charge in [-0.25, -0.2) is 0 Å². The van der Waals surface area contributed by atoms with E-state index in [1.165, 1.54) is 0 Å². The normalized spacial score (nSPS) is 12.4. The van der Waals surface area contributed by atoms with Gasteiger partial charge in [0.1, 0.15) is 0 Å². The molecule has 0 heterocycles. The molecule has 0 radical (unpaired) electrons. The summed E-state index contributed by atoms with van der Waals surface area (Å²) in [7, 11) is 0. The number of hydrogen-bond acceptors (Lipinski definition) is 2. The maximum atomic E-state index is 10.8. The molecule has 0 rings (SSSR count). The Morgan fingerprint density at radius 1 is 1.29 bits per heavy atom. The van der Waals surface area contributed by atoms with Crippen LogP contribution in [0.25, 0.3) is 0 Å². The molecule has 0 aromatic carbocycles. The molecule has 3 nitrogen and oxygen atoms in total. The molecule has 0 bridgehead atoms. The number of aliphatic carboxylic acids is 1. The lowest BCUT2D eigenvalue weighted by molar-refractivity contribution is -0.139. The van der Waals surface area contributed by atoms with Crippen molar-refractivity contribution in [2.45, 2.75) is 52.4 Å². The molecule has 0 fully saturated rings. The molecular weight excluding hydrogens is 178 g/mol. The van der Waals surface area contributed by atoms with Gasteiger partial charge in [0.15, 0.2) is 0 Å². The Bertz CT molecular complexity index is 190. The lowest BCUT2D eigenvalue weighted by Gasteiger charge is -2.11. The summed E-state index contributed by atoms with van der Waals surface area (Å²) in [5.74, 6) is -1.38. The van der Waals surface area contributed by atoms with Gasteiger partial charge in [0, 0.05) is 5.71 Å². The van der Waals surface area contributed by atoms with E-state index in [4.69, 9.17) is 10.5 Å². The molecule has 1 atom stereocenters. The SMILES string of the molecule is CCCCCCC(C(=N)CC)C(=O)O. The zero-order chi connectivity index (χ0) is 11.0. The monoisotopic (exact) mass is 199 g/mol. The molecule has 0 aliphatic rings. The first-order valence-corrected chi connectivity index (χ1v) is 5.43. The van der Waals surface area contributed by atoms with Crippen molar-refractivity contribution in [2.75, 3.05) is 0 Å². The average Bonchev–Trinajstić information content (AvgIpc) is 2.16. The van der Waals surface area contributed by atoms with Gasteiger partial charge in [0.2, 0.25) is 0 Å². The van der Waals surface area contributed by atoms with Crippen LogP contribution in [0, 0.1) is 11.3 Å².